The highest BCUT2D eigenvalue weighted by Gasteiger charge is 2.15. The summed E-state index contributed by atoms with van der Waals surface area (Å²) in [6.45, 7) is 9.98. The maximum atomic E-state index is 2.52. The fourth-order valence-electron chi connectivity index (χ4n) is 3.51. The average molecular weight is 291 g/mol. The Labute approximate surface area is 133 Å². The summed E-state index contributed by atoms with van der Waals surface area (Å²) in [6, 6.07) is 15.7. The van der Waals surface area contributed by atoms with Gasteiger partial charge in [0.1, 0.15) is 0 Å². The summed E-state index contributed by atoms with van der Waals surface area (Å²) >= 11 is 0. The highest BCUT2D eigenvalue weighted by molar-refractivity contribution is 5.91. The van der Waals surface area contributed by atoms with Gasteiger partial charge in [0, 0.05) is 17.4 Å². The van der Waals surface area contributed by atoms with Gasteiger partial charge in [-0.2, -0.15) is 0 Å². The molecule has 0 amide bonds. The maximum Gasteiger partial charge on any atom is 0.0521 e. The third-order valence-electron chi connectivity index (χ3n) is 4.45. The molecule has 1 heteroatoms. The van der Waals surface area contributed by atoms with Crippen LogP contribution >= 0.6 is 0 Å². The number of fused-ring (bicyclic) bond motifs is 1. The predicted octanol–water partition coefficient (Wildman–Crippen LogP) is 6.03. The molecule has 22 heavy (non-hydrogen) atoms. The van der Waals surface area contributed by atoms with E-state index in [2.05, 4.69) is 74.7 Å². The molecule has 0 radical (unpaired) electrons. The van der Waals surface area contributed by atoms with Gasteiger partial charge in [-0.15, -0.1) is 0 Å². The molecule has 1 heterocycles. The van der Waals surface area contributed by atoms with Crippen LogP contribution in [-0.4, -0.2) is 4.57 Å². The van der Waals surface area contributed by atoms with Crippen LogP contribution in [0, 0.1) is 20.8 Å². The Bertz CT molecular complexity index is 788. The fourth-order valence-corrected chi connectivity index (χ4v) is 3.51. The molecule has 0 fully saturated rings. The van der Waals surface area contributed by atoms with Crippen molar-refractivity contribution in [3.63, 3.8) is 0 Å². The number of aryl methyl sites for hydroxylation is 4. The highest BCUT2D eigenvalue weighted by atomic mass is 15.0. The Balaban J connectivity index is 2.29. The maximum absolute atomic E-state index is 2.52. The number of benzene rings is 2. The summed E-state index contributed by atoms with van der Waals surface area (Å²) in [5, 5.41) is 1.38. The molecule has 0 unspecified atom stereocenters. The number of aromatic nitrogens is 1. The van der Waals surface area contributed by atoms with Gasteiger partial charge in [0.2, 0.25) is 0 Å². The zero-order valence-corrected chi connectivity index (χ0v) is 14.1. The molecule has 0 saturated heterocycles. The second-order valence-corrected chi connectivity index (χ2v) is 6.37. The van der Waals surface area contributed by atoms with E-state index in [1.807, 2.05) is 0 Å². The van der Waals surface area contributed by atoms with Crippen molar-refractivity contribution >= 4 is 10.9 Å². The normalized spacial score (nSPS) is 11.3. The van der Waals surface area contributed by atoms with Crippen LogP contribution in [0.2, 0.25) is 0 Å². The smallest absolute Gasteiger partial charge is 0.0521 e. The molecule has 0 saturated carbocycles. The first-order valence-electron chi connectivity index (χ1n) is 8.28. The highest BCUT2D eigenvalue weighted by Crippen LogP contribution is 2.34. The van der Waals surface area contributed by atoms with Gasteiger partial charge >= 0.3 is 0 Å². The minimum Gasteiger partial charge on any atom is -0.340 e. The molecule has 0 aliphatic heterocycles. The molecule has 0 spiro atoms. The van der Waals surface area contributed by atoms with Crippen LogP contribution in [-0.2, 0) is 6.54 Å². The quantitative estimate of drug-likeness (QED) is 0.552. The van der Waals surface area contributed by atoms with Crippen LogP contribution in [0.5, 0.6) is 0 Å². The molecule has 1 aromatic heterocycles. The molecular formula is C21H25N. The van der Waals surface area contributed by atoms with Crippen molar-refractivity contribution in [3.8, 4) is 11.3 Å². The SMILES string of the molecule is CCCCn1c(-c2cc(C)cc(C)c2)c(C)c2ccccc21. The number of hydrogen-bond donors (Lipinski definition) is 0. The van der Waals surface area contributed by atoms with E-state index >= 15 is 0 Å². The van der Waals surface area contributed by atoms with Crippen LogP contribution in [0.1, 0.15) is 36.5 Å². The van der Waals surface area contributed by atoms with Crippen LogP contribution in [0.25, 0.3) is 22.2 Å². The van der Waals surface area contributed by atoms with Crippen LogP contribution in [0.15, 0.2) is 42.5 Å². The molecule has 0 N–H and O–H groups in total. The Morgan fingerprint density at radius 3 is 2.27 bits per heavy atom. The van der Waals surface area contributed by atoms with Crippen LogP contribution < -0.4 is 0 Å². The summed E-state index contributed by atoms with van der Waals surface area (Å²) in [5.74, 6) is 0. The van der Waals surface area contributed by atoms with Crippen molar-refractivity contribution in [2.24, 2.45) is 0 Å². The topological polar surface area (TPSA) is 4.93 Å². The van der Waals surface area contributed by atoms with Gasteiger partial charge in [-0.25, -0.2) is 0 Å². The molecule has 3 aromatic rings. The summed E-state index contributed by atoms with van der Waals surface area (Å²) in [4.78, 5) is 0. The predicted molar refractivity (Wildman–Crippen MR) is 96.5 cm³/mol. The number of rotatable bonds is 4. The number of hydrogen-bond acceptors (Lipinski definition) is 0. The van der Waals surface area contributed by atoms with Gasteiger partial charge < -0.3 is 4.57 Å². The zero-order valence-electron chi connectivity index (χ0n) is 14.1. The Morgan fingerprint density at radius 1 is 0.909 bits per heavy atom. The first-order valence-corrected chi connectivity index (χ1v) is 8.28. The van der Waals surface area contributed by atoms with E-state index in [1.165, 1.54) is 51.7 Å². The first kappa shape index (κ1) is 14.9. The van der Waals surface area contributed by atoms with E-state index in [0.717, 1.165) is 6.54 Å². The van der Waals surface area contributed by atoms with E-state index < -0.39 is 0 Å². The van der Waals surface area contributed by atoms with Crippen molar-refractivity contribution in [3.05, 3.63) is 59.2 Å². The third-order valence-corrected chi connectivity index (χ3v) is 4.45. The lowest BCUT2D eigenvalue weighted by Crippen LogP contribution is -2.01. The van der Waals surface area contributed by atoms with Gasteiger partial charge in [-0.1, -0.05) is 48.7 Å². The van der Waals surface area contributed by atoms with Crippen molar-refractivity contribution in [2.45, 2.75) is 47.1 Å². The van der Waals surface area contributed by atoms with Gasteiger partial charge in [0.15, 0.2) is 0 Å². The van der Waals surface area contributed by atoms with Crippen LogP contribution in [0.3, 0.4) is 0 Å². The zero-order chi connectivity index (χ0) is 15.7. The largest absolute Gasteiger partial charge is 0.340 e. The molecule has 2 aromatic carbocycles. The second kappa shape index (κ2) is 6.00. The fraction of sp³-hybridized carbons (Fsp3) is 0.333. The summed E-state index contributed by atoms with van der Waals surface area (Å²) in [5.41, 5.74) is 8.17. The second-order valence-electron chi connectivity index (χ2n) is 6.37. The lowest BCUT2D eigenvalue weighted by atomic mass is 10.0. The van der Waals surface area contributed by atoms with Gasteiger partial charge in [0.25, 0.3) is 0 Å². The van der Waals surface area contributed by atoms with E-state index in [9.17, 15) is 0 Å². The first-order chi connectivity index (χ1) is 10.6. The van der Waals surface area contributed by atoms with Crippen molar-refractivity contribution in [1.82, 2.24) is 4.57 Å². The molecule has 0 aliphatic rings. The lowest BCUT2D eigenvalue weighted by molar-refractivity contribution is 0.654. The summed E-state index contributed by atoms with van der Waals surface area (Å²) in [7, 11) is 0. The Morgan fingerprint density at radius 2 is 1.59 bits per heavy atom. The molecule has 114 valence electrons. The molecule has 0 aliphatic carbocycles. The molecule has 1 nitrogen and oxygen atoms in total. The minimum atomic E-state index is 1.09. The summed E-state index contributed by atoms with van der Waals surface area (Å²) < 4.78 is 2.52. The average Bonchev–Trinajstić information content (AvgIpc) is 2.77. The van der Waals surface area contributed by atoms with Crippen molar-refractivity contribution in [2.75, 3.05) is 0 Å². The molecular weight excluding hydrogens is 266 g/mol. The van der Waals surface area contributed by atoms with Crippen molar-refractivity contribution in [1.29, 1.82) is 0 Å². The van der Waals surface area contributed by atoms with Gasteiger partial charge in [-0.05, 0) is 56.5 Å². The van der Waals surface area contributed by atoms with Crippen LogP contribution in [0.4, 0.5) is 0 Å². The lowest BCUT2D eigenvalue weighted by Gasteiger charge is -2.13. The van der Waals surface area contributed by atoms with Crippen molar-refractivity contribution < 1.29 is 0 Å². The monoisotopic (exact) mass is 291 g/mol. The Kier molecular flexibility index (Phi) is 4.06. The molecule has 0 atom stereocenters. The van der Waals surface area contributed by atoms with Gasteiger partial charge in [0.05, 0.1) is 5.69 Å². The number of para-hydroxylation sites is 1. The Hall–Kier alpha value is -2.02. The van der Waals surface area contributed by atoms with E-state index in [1.54, 1.807) is 0 Å². The third kappa shape index (κ3) is 2.56. The molecule has 3 rings (SSSR count). The van der Waals surface area contributed by atoms with E-state index in [4.69, 9.17) is 0 Å². The van der Waals surface area contributed by atoms with E-state index in [-0.39, 0.29) is 0 Å². The minimum absolute atomic E-state index is 1.09. The standard InChI is InChI=1S/C21H25N/c1-5-6-11-22-20-10-8-7-9-19(20)17(4)21(22)18-13-15(2)12-16(3)14-18/h7-10,12-14H,5-6,11H2,1-4H3. The number of unbranched alkanes of at least 4 members (excludes halogenated alkanes) is 1. The number of nitrogens with zero attached hydrogens (tertiary/aromatic N) is 1. The van der Waals surface area contributed by atoms with Gasteiger partial charge in [-0.3, -0.25) is 0 Å². The molecule has 0 bridgehead atoms. The summed E-state index contributed by atoms with van der Waals surface area (Å²) in [6.07, 6.45) is 2.44. The van der Waals surface area contributed by atoms with E-state index in [0.29, 0.717) is 0 Å².